The van der Waals surface area contributed by atoms with Crippen LogP contribution in [0, 0.1) is 0 Å². The molecule has 0 atom stereocenters. The molecule has 0 unspecified atom stereocenters. The fourth-order valence-electron chi connectivity index (χ4n) is 1.49. The Balaban J connectivity index is 2.25. The second kappa shape index (κ2) is 8.66. The van der Waals surface area contributed by atoms with Crippen molar-refractivity contribution in [2.24, 2.45) is 0 Å². The van der Waals surface area contributed by atoms with Gasteiger partial charge in [-0.15, -0.1) is 0 Å². The van der Waals surface area contributed by atoms with E-state index in [-0.39, 0.29) is 5.78 Å². The normalized spacial score (nSPS) is 10.3. The van der Waals surface area contributed by atoms with Gasteiger partial charge in [-0.05, 0) is 24.3 Å². The van der Waals surface area contributed by atoms with Crippen LogP contribution in [0.5, 0.6) is 0 Å². The Hall–Kier alpha value is -1.39. The van der Waals surface area contributed by atoms with Crippen molar-refractivity contribution in [2.45, 2.75) is 13.3 Å². The molecular weight excluding hydrogens is 230 g/mol. The summed E-state index contributed by atoms with van der Waals surface area (Å²) in [4.78, 5) is 11.4. The number of benzene rings is 1. The van der Waals surface area contributed by atoms with Gasteiger partial charge in [-0.25, -0.2) is 0 Å². The van der Waals surface area contributed by atoms with Crippen LogP contribution < -0.4 is 5.32 Å². The summed E-state index contributed by atoms with van der Waals surface area (Å²) in [5, 5.41) is 3.23. The minimum Gasteiger partial charge on any atom is -0.383 e. The van der Waals surface area contributed by atoms with Gasteiger partial charge in [0.25, 0.3) is 0 Å². The van der Waals surface area contributed by atoms with Gasteiger partial charge >= 0.3 is 0 Å². The average molecular weight is 251 g/mol. The second-order valence-corrected chi connectivity index (χ2v) is 3.89. The minimum atomic E-state index is 0.171. The third-order valence-electron chi connectivity index (χ3n) is 2.54. The maximum absolute atomic E-state index is 11.4. The minimum absolute atomic E-state index is 0.171. The van der Waals surface area contributed by atoms with E-state index in [1.165, 1.54) is 0 Å². The van der Waals surface area contributed by atoms with Crippen molar-refractivity contribution in [2.75, 3.05) is 38.8 Å². The molecule has 1 N–H and O–H groups in total. The van der Waals surface area contributed by atoms with E-state index in [9.17, 15) is 4.79 Å². The smallest absolute Gasteiger partial charge is 0.162 e. The van der Waals surface area contributed by atoms with Crippen LogP contribution in [-0.4, -0.2) is 39.3 Å². The molecule has 0 saturated carbocycles. The van der Waals surface area contributed by atoms with Crippen molar-refractivity contribution >= 4 is 11.5 Å². The van der Waals surface area contributed by atoms with E-state index < -0.39 is 0 Å². The molecule has 4 nitrogen and oxygen atoms in total. The summed E-state index contributed by atoms with van der Waals surface area (Å²) < 4.78 is 10.2. The molecule has 100 valence electrons. The van der Waals surface area contributed by atoms with Crippen LogP contribution in [0.3, 0.4) is 0 Å². The van der Waals surface area contributed by atoms with Gasteiger partial charge in [0, 0.05) is 31.3 Å². The molecule has 0 radical (unpaired) electrons. The third-order valence-corrected chi connectivity index (χ3v) is 2.54. The number of hydrogen-bond acceptors (Lipinski definition) is 4. The zero-order valence-corrected chi connectivity index (χ0v) is 11.1. The molecule has 0 aliphatic carbocycles. The zero-order valence-electron chi connectivity index (χ0n) is 11.1. The fraction of sp³-hybridized carbons (Fsp3) is 0.500. The lowest BCUT2D eigenvalue weighted by molar-refractivity contribution is 0.0759. The van der Waals surface area contributed by atoms with E-state index in [1.807, 2.05) is 31.2 Å². The first-order valence-electron chi connectivity index (χ1n) is 6.21. The molecule has 1 aromatic rings. The van der Waals surface area contributed by atoms with Crippen LogP contribution in [-0.2, 0) is 9.47 Å². The Morgan fingerprint density at radius 3 is 2.50 bits per heavy atom. The zero-order chi connectivity index (χ0) is 13.2. The molecule has 0 spiro atoms. The largest absolute Gasteiger partial charge is 0.383 e. The molecule has 0 saturated heterocycles. The fourth-order valence-corrected chi connectivity index (χ4v) is 1.49. The van der Waals surface area contributed by atoms with Gasteiger partial charge in [0.2, 0.25) is 0 Å². The lowest BCUT2D eigenvalue weighted by atomic mass is 10.1. The van der Waals surface area contributed by atoms with Crippen LogP contribution in [0.25, 0.3) is 0 Å². The molecule has 1 aromatic carbocycles. The molecule has 0 amide bonds. The first kappa shape index (κ1) is 14.7. The van der Waals surface area contributed by atoms with Crippen molar-refractivity contribution in [3.8, 4) is 0 Å². The number of Topliss-reactive ketones (excluding diaryl/α,β-unsaturated/α-hetero) is 1. The maximum Gasteiger partial charge on any atom is 0.162 e. The molecule has 0 aliphatic heterocycles. The summed E-state index contributed by atoms with van der Waals surface area (Å²) in [6.45, 7) is 4.48. The number of ether oxygens (including phenoxy) is 2. The molecule has 0 aliphatic rings. The highest BCUT2D eigenvalue weighted by molar-refractivity contribution is 5.96. The highest BCUT2D eigenvalue weighted by Gasteiger charge is 2.01. The van der Waals surface area contributed by atoms with Crippen LogP contribution in [0.1, 0.15) is 23.7 Å². The number of anilines is 1. The van der Waals surface area contributed by atoms with Crippen molar-refractivity contribution in [3.05, 3.63) is 29.8 Å². The molecule has 1 rings (SSSR count). The number of methoxy groups -OCH3 is 1. The third kappa shape index (κ3) is 5.29. The van der Waals surface area contributed by atoms with Gasteiger partial charge in [0.05, 0.1) is 19.8 Å². The summed E-state index contributed by atoms with van der Waals surface area (Å²) in [6.07, 6.45) is 0.542. The van der Waals surface area contributed by atoms with Crippen molar-refractivity contribution in [1.82, 2.24) is 0 Å². The van der Waals surface area contributed by atoms with Crippen LogP contribution in [0.15, 0.2) is 24.3 Å². The van der Waals surface area contributed by atoms with Gasteiger partial charge in [0.1, 0.15) is 0 Å². The highest BCUT2D eigenvalue weighted by atomic mass is 16.5. The summed E-state index contributed by atoms with van der Waals surface area (Å²) in [5.74, 6) is 0.171. The molecule has 0 fully saturated rings. The number of ketones is 1. The summed E-state index contributed by atoms with van der Waals surface area (Å²) in [5.41, 5.74) is 1.76. The monoisotopic (exact) mass is 251 g/mol. The lowest BCUT2D eigenvalue weighted by Gasteiger charge is -2.07. The van der Waals surface area contributed by atoms with Crippen molar-refractivity contribution in [1.29, 1.82) is 0 Å². The predicted molar refractivity (Wildman–Crippen MR) is 72.2 cm³/mol. The van der Waals surface area contributed by atoms with Gasteiger partial charge in [-0.3, -0.25) is 4.79 Å². The molecule has 0 heterocycles. The second-order valence-electron chi connectivity index (χ2n) is 3.89. The summed E-state index contributed by atoms with van der Waals surface area (Å²) in [6, 6.07) is 7.52. The number of hydrogen-bond donors (Lipinski definition) is 1. The van der Waals surface area contributed by atoms with E-state index in [0.29, 0.717) is 26.2 Å². The van der Waals surface area contributed by atoms with Gasteiger partial charge in [0.15, 0.2) is 5.78 Å². The van der Waals surface area contributed by atoms with Crippen molar-refractivity contribution in [3.63, 3.8) is 0 Å². The lowest BCUT2D eigenvalue weighted by Crippen LogP contribution is -2.12. The van der Waals surface area contributed by atoms with E-state index in [2.05, 4.69) is 5.32 Å². The average Bonchev–Trinajstić information content (AvgIpc) is 2.42. The van der Waals surface area contributed by atoms with Crippen LogP contribution >= 0.6 is 0 Å². The van der Waals surface area contributed by atoms with E-state index in [0.717, 1.165) is 17.8 Å². The maximum atomic E-state index is 11.4. The Bertz CT molecular complexity index is 349. The topological polar surface area (TPSA) is 47.6 Å². The summed E-state index contributed by atoms with van der Waals surface area (Å²) >= 11 is 0. The highest BCUT2D eigenvalue weighted by Crippen LogP contribution is 2.10. The number of nitrogens with one attached hydrogen (secondary N) is 1. The number of carbonyl (C=O) groups is 1. The first-order valence-corrected chi connectivity index (χ1v) is 6.21. The Morgan fingerprint density at radius 2 is 1.89 bits per heavy atom. The number of rotatable bonds is 9. The summed E-state index contributed by atoms with van der Waals surface area (Å²) in [7, 11) is 1.65. The predicted octanol–water partition coefficient (Wildman–Crippen LogP) is 2.35. The van der Waals surface area contributed by atoms with Gasteiger partial charge in [-0.2, -0.15) is 0 Å². The van der Waals surface area contributed by atoms with E-state index in [4.69, 9.17) is 9.47 Å². The van der Waals surface area contributed by atoms with Gasteiger partial charge < -0.3 is 14.8 Å². The molecule has 0 aromatic heterocycles. The van der Waals surface area contributed by atoms with Crippen molar-refractivity contribution < 1.29 is 14.3 Å². The van der Waals surface area contributed by atoms with E-state index >= 15 is 0 Å². The van der Waals surface area contributed by atoms with Crippen LogP contribution in [0.2, 0.25) is 0 Å². The van der Waals surface area contributed by atoms with Gasteiger partial charge in [-0.1, -0.05) is 6.92 Å². The standard InChI is InChI=1S/C14H21NO3/c1-3-14(16)12-4-6-13(7-5-12)15-8-9-18-11-10-17-2/h4-7,15H,3,8-11H2,1-2H3. The molecular formula is C14H21NO3. The quantitative estimate of drug-likeness (QED) is 0.540. The molecule has 4 heteroatoms. The Labute approximate surface area is 108 Å². The Morgan fingerprint density at radius 1 is 1.17 bits per heavy atom. The molecule has 18 heavy (non-hydrogen) atoms. The SMILES string of the molecule is CCC(=O)c1ccc(NCCOCCOC)cc1. The molecule has 0 bridgehead atoms. The number of carbonyl (C=O) groups excluding carboxylic acids is 1. The Kier molecular flexibility index (Phi) is 7.06. The first-order chi connectivity index (χ1) is 8.77. The van der Waals surface area contributed by atoms with Crippen LogP contribution in [0.4, 0.5) is 5.69 Å². The van der Waals surface area contributed by atoms with E-state index in [1.54, 1.807) is 7.11 Å².